The topological polar surface area (TPSA) is 111 Å². The monoisotopic (exact) mass is 566 g/mol. The second kappa shape index (κ2) is 10.8. The van der Waals surface area contributed by atoms with Gasteiger partial charge in [0.2, 0.25) is 11.6 Å². The van der Waals surface area contributed by atoms with Crippen LogP contribution in [0.2, 0.25) is 10.3 Å². The van der Waals surface area contributed by atoms with Crippen molar-refractivity contribution >= 4 is 57.2 Å². The third-order valence-corrected chi connectivity index (χ3v) is 6.65. The molecule has 0 aliphatic carbocycles. The van der Waals surface area contributed by atoms with Crippen LogP contribution in [-0.4, -0.2) is 29.5 Å². The average molecular weight is 567 g/mol. The Morgan fingerprint density at radius 3 is 1.30 bits per heavy atom. The van der Waals surface area contributed by atoms with Crippen LogP contribution in [-0.2, 0) is 0 Å². The second-order valence-electron chi connectivity index (χ2n) is 8.70. The number of benzene rings is 3. The average Bonchev–Trinajstić information content (AvgIpc) is 3.44. The highest BCUT2D eigenvalue weighted by atomic mass is 35.5. The Balaban J connectivity index is 1.40. The summed E-state index contributed by atoms with van der Waals surface area (Å²) in [7, 11) is 0. The molecule has 0 atom stereocenters. The molecule has 0 radical (unpaired) electrons. The first-order valence-corrected chi connectivity index (χ1v) is 13.0. The molecule has 3 aromatic carbocycles. The minimum Gasteiger partial charge on any atom is -0.222 e. The van der Waals surface area contributed by atoms with Crippen molar-refractivity contribution in [3.8, 4) is 11.4 Å². The molecular weight excluding hydrogens is 547 g/mol. The highest BCUT2D eigenvalue weighted by Crippen LogP contribution is 2.36. The Morgan fingerprint density at radius 2 is 0.900 bits per heavy atom. The van der Waals surface area contributed by atoms with E-state index in [9.17, 15) is 0 Å². The summed E-state index contributed by atoms with van der Waals surface area (Å²) >= 11 is 13.3. The van der Waals surface area contributed by atoms with Gasteiger partial charge in [0.25, 0.3) is 0 Å². The number of aryl methyl sites for hydroxylation is 2. The van der Waals surface area contributed by atoms with E-state index in [1.807, 2.05) is 98.8 Å². The third-order valence-electron chi connectivity index (χ3n) is 5.97. The molecule has 0 saturated carbocycles. The summed E-state index contributed by atoms with van der Waals surface area (Å²) < 4.78 is 3.21. The molecule has 6 rings (SSSR count). The summed E-state index contributed by atoms with van der Waals surface area (Å²) in [5.74, 6) is 0.323. The van der Waals surface area contributed by atoms with Gasteiger partial charge in [-0.3, -0.25) is 0 Å². The lowest BCUT2D eigenvalue weighted by Gasteiger charge is -2.02. The molecule has 0 spiro atoms. The maximum atomic E-state index is 6.64. The Bertz CT molecular complexity index is 1760. The summed E-state index contributed by atoms with van der Waals surface area (Å²) in [6, 6.07) is 26.5. The summed E-state index contributed by atoms with van der Waals surface area (Å²) in [6.45, 7) is 3.61. The van der Waals surface area contributed by atoms with Crippen molar-refractivity contribution in [1.82, 2.24) is 29.5 Å². The van der Waals surface area contributed by atoms with Crippen LogP contribution in [0.1, 0.15) is 11.4 Å². The van der Waals surface area contributed by atoms with Crippen molar-refractivity contribution < 1.29 is 0 Å². The first kappa shape index (κ1) is 25.5. The standard InChI is InChI=1S/C28H20Cl2N10/c1-17-23(25(29)39(37-17)19-11-5-3-6-12-19)33-35-27-28(32-22-16-10-9-15-21(22)31-27)36-34-24-18(2)38-40(26(24)30)20-13-7-4-8-14-20/h3-16H,1-2H3. The highest BCUT2D eigenvalue weighted by molar-refractivity contribution is 6.32. The van der Waals surface area contributed by atoms with E-state index in [0.29, 0.717) is 44.1 Å². The van der Waals surface area contributed by atoms with E-state index >= 15 is 0 Å². The number of fused-ring (bicyclic) bond motifs is 1. The van der Waals surface area contributed by atoms with Crippen molar-refractivity contribution in [2.24, 2.45) is 20.5 Å². The number of hydrogen-bond acceptors (Lipinski definition) is 8. The molecule has 196 valence electrons. The number of hydrogen-bond donors (Lipinski definition) is 0. The summed E-state index contributed by atoms with van der Waals surface area (Å²) in [5.41, 5.74) is 4.89. The van der Waals surface area contributed by atoms with Crippen molar-refractivity contribution in [3.63, 3.8) is 0 Å². The fourth-order valence-corrected chi connectivity index (χ4v) is 4.62. The molecule has 6 aromatic rings. The molecule has 0 aliphatic rings. The maximum absolute atomic E-state index is 6.64. The summed E-state index contributed by atoms with van der Waals surface area (Å²) in [5, 5.41) is 27.2. The molecule has 0 amide bonds. The summed E-state index contributed by atoms with van der Waals surface area (Å²) in [4.78, 5) is 9.25. The van der Waals surface area contributed by atoms with Gasteiger partial charge in [0, 0.05) is 0 Å². The smallest absolute Gasteiger partial charge is 0.222 e. The van der Waals surface area contributed by atoms with Gasteiger partial charge in [0.1, 0.15) is 11.4 Å². The van der Waals surface area contributed by atoms with Gasteiger partial charge in [-0.25, -0.2) is 19.3 Å². The zero-order valence-electron chi connectivity index (χ0n) is 21.3. The fourth-order valence-electron chi connectivity index (χ4n) is 4.00. The van der Waals surface area contributed by atoms with E-state index in [1.54, 1.807) is 9.36 Å². The maximum Gasteiger partial charge on any atom is 0.222 e. The van der Waals surface area contributed by atoms with Crippen molar-refractivity contribution in [2.45, 2.75) is 13.8 Å². The van der Waals surface area contributed by atoms with Gasteiger partial charge in [0.15, 0.2) is 10.3 Å². The van der Waals surface area contributed by atoms with E-state index in [-0.39, 0.29) is 11.6 Å². The number of nitrogens with zero attached hydrogens (tertiary/aromatic N) is 10. The second-order valence-corrected chi connectivity index (χ2v) is 9.42. The lowest BCUT2D eigenvalue weighted by molar-refractivity contribution is 0.863. The van der Waals surface area contributed by atoms with E-state index in [2.05, 4.69) is 40.6 Å². The molecule has 10 nitrogen and oxygen atoms in total. The predicted octanol–water partition coefficient (Wildman–Crippen LogP) is 8.76. The van der Waals surface area contributed by atoms with Crippen LogP contribution < -0.4 is 0 Å². The molecular formula is C28H20Cl2N10. The molecule has 0 saturated heterocycles. The SMILES string of the molecule is Cc1nn(-c2ccccc2)c(Cl)c1N=Nc1nc2ccccc2nc1N=Nc1c(C)nn(-c2ccccc2)c1Cl. The fraction of sp³-hybridized carbons (Fsp3) is 0.0714. The first-order chi connectivity index (χ1) is 19.5. The number of halogens is 2. The Hall–Kier alpha value is -4.80. The number of azo groups is 2. The van der Waals surface area contributed by atoms with E-state index in [1.165, 1.54) is 0 Å². The van der Waals surface area contributed by atoms with Crippen LogP contribution >= 0.6 is 23.2 Å². The lowest BCUT2D eigenvalue weighted by atomic mass is 10.3. The molecule has 3 heterocycles. The lowest BCUT2D eigenvalue weighted by Crippen LogP contribution is -1.95. The molecule has 0 unspecified atom stereocenters. The molecule has 0 aliphatic heterocycles. The van der Waals surface area contributed by atoms with Crippen molar-refractivity contribution in [3.05, 3.63) is 107 Å². The molecule has 0 N–H and O–H groups in total. The zero-order chi connectivity index (χ0) is 27.6. The normalized spacial score (nSPS) is 11.8. The highest BCUT2D eigenvalue weighted by Gasteiger charge is 2.17. The first-order valence-electron chi connectivity index (χ1n) is 12.2. The van der Waals surface area contributed by atoms with Crippen LogP contribution in [0, 0.1) is 13.8 Å². The Kier molecular flexibility index (Phi) is 6.85. The van der Waals surface area contributed by atoms with Crippen molar-refractivity contribution in [1.29, 1.82) is 0 Å². The number of aromatic nitrogens is 6. The van der Waals surface area contributed by atoms with Gasteiger partial charge in [-0.2, -0.15) is 10.2 Å². The molecule has 0 bridgehead atoms. The van der Waals surface area contributed by atoms with E-state index in [4.69, 9.17) is 23.2 Å². The Labute approximate surface area is 238 Å². The van der Waals surface area contributed by atoms with Crippen LogP contribution in [0.15, 0.2) is 105 Å². The molecule has 3 aromatic heterocycles. The zero-order valence-corrected chi connectivity index (χ0v) is 22.8. The minimum atomic E-state index is 0.162. The van der Waals surface area contributed by atoms with Gasteiger partial charge < -0.3 is 0 Å². The van der Waals surface area contributed by atoms with Gasteiger partial charge >= 0.3 is 0 Å². The quantitative estimate of drug-likeness (QED) is 0.187. The van der Waals surface area contributed by atoms with Crippen LogP contribution in [0.4, 0.5) is 23.0 Å². The van der Waals surface area contributed by atoms with Crippen molar-refractivity contribution in [2.75, 3.05) is 0 Å². The number of rotatable bonds is 6. The van der Waals surface area contributed by atoms with Crippen LogP contribution in [0.5, 0.6) is 0 Å². The van der Waals surface area contributed by atoms with Gasteiger partial charge in [-0.1, -0.05) is 71.7 Å². The molecule has 12 heteroatoms. The van der Waals surface area contributed by atoms with Gasteiger partial charge in [0.05, 0.1) is 33.8 Å². The summed E-state index contributed by atoms with van der Waals surface area (Å²) in [6.07, 6.45) is 0. The van der Waals surface area contributed by atoms with Gasteiger partial charge in [-0.15, -0.1) is 20.5 Å². The molecule has 0 fully saturated rings. The van der Waals surface area contributed by atoms with E-state index in [0.717, 1.165) is 11.4 Å². The molecule has 40 heavy (non-hydrogen) atoms. The predicted molar refractivity (Wildman–Crippen MR) is 155 cm³/mol. The van der Waals surface area contributed by atoms with Crippen LogP contribution in [0.3, 0.4) is 0 Å². The number of para-hydroxylation sites is 4. The van der Waals surface area contributed by atoms with E-state index < -0.39 is 0 Å². The largest absolute Gasteiger partial charge is 0.222 e. The van der Waals surface area contributed by atoms with Crippen LogP contribution in [0.25, 0.3) is 22.4 Å². The third kappa shape index (κ3) is 4.86. The van der Waals surface area contributed by atoms with Gasteiger partial charge in [-0.05, 0) is 50.2 Å². The Morgan fingerprint density at radius 1 is 0.525 bits per heavy atom. The minimum absolute atomic E-state index is 0.162.